The van der Waals surface area contributed by atoms with E-state index in [4.69, 9.17) is 4.74 Å². The lowest BCUT2D eigenvalue weighted by Crippen LogP contribution is -2.29. The second-order valence-corrected chi connectivity index (χ2v) is 9.04. The van der Waals surface area contributed by atoms with E-state index in [0.717, 1.165) is 52.7 Å². The number of carbonyl (C=O) groups is 1. The number of anilines is 1. The van der Waals surface area contributed by atoms with Crippen LogP contribution in [0.2, 0.25) is 0 Å². The number of hydrogen-bond donors (Lipinski definition) is 1. The van der Waals surface area contributed by atoms with E-state index in [1.165, 1.54) is 12.1 Å². The maximum absolute atomic E-state index is 13.1. The summed E-state index contributed by atoms with van der Waals surface area (Å²) >= 11 is 1.58. The first-order valence-corrected chi connectivity index (χ1v) is 11.7. The minimum atomic E-state index is -0.912. The normalized spacial score (nSPS) is 15.6. The molecule has 0 aliphatic carbocycles. The number of nitrogens with zero attached hydrogens (tertiary/aromatic N) is 2. The third-order valence-corrected chi connectivity index (χ3v) is 6.86. The van der Waals surface area contributed by atoms with Crippen LogP contribution in [-0.4, -0.2) is 48.5 Å². The van der Waals surface area contributed by atoms with Crippen LogP contribution in [0.1, 0.15) is 17.5 Å². The third-order valence-electron chi connectivity index (χ3n) is 5.61. The van der Waals surface area contributed by atoms with Crippen LogP contribution in [0.5, 0.6) is 5.75 Å². The monoisotopic (exact) mass is 454 g/mol. The summed E-state index contributed by atoms with van der Waals surface area (Å²) in [6, 6.07) is 12.7. The van der Waals surface area contributed by atoms with Crippen LogP contribution in [0.25, 0.3) is 0 Å². The fraction of sp³-hybridized carbons (Fsp3) is 0.320. The van der Waals surface area contributed by atoms with E-state index in [9.17, 15) is 14.3 Å². The molecule has 1 N–H and O–H groups in total. The Hall–Kier alpha value is -2.93. The Morgan fingerprint density at radius 3 is 2.75 bits per heavy atom. The van der Waals surface area contributed by atoms with Crippen molar-refractivity contribution in [2.75, 3.05) is 37.4 Å². The molecular weight excluding hydrogens is 427 g/mol. The summed E-state index contributed by atoms with van der Waals surface area (Å²) in [7, 11) is 2.06. The first-order chi connectivity index (χ1) is 15.5. The Balaban J connectivity index is 1.45. The maximum atomic E-state index is 13.1. The fourth-order valence-corrected chi connectivity index (χ4v) is 5.02. The Kier molecular flexibility index (Phi) is 7.05. The van der Waals surface area contributed by atoms with Crippen molar-refractivity contribution in [1.29, 1.82) is 0 Å². The van der Waals surface area contributed by atoms with E-state index >= 15 is 0 Å². The van der Waals surface area contributed by atoms with Gasteiger partial charge in [0.25, 0.3) is 0 Å². The van der Waals surface area contributed by atoms with Crippen molar-refractivity contribution in [3.8, 4) is 5.75 Å². The molecule has 2 aromatic carbocycles. The molecule has 0 aromatic heterocycles. The summed E-state index contributed by atoms with van der Waals surface area (Å²) in [5.74, 6) is 0.530. The number of ether oxygens (including phenoxy) is 1. The molecule has 2 aliphatic rings. The average Bonchev–Trinajstić information content (AvgIpc) is 2.79. The van der Waals surface area contributed by atoms with Gasteiger partial charge in [-0.3, -0.25) is 0 Å². The van der Waals surface area contributed by atoms with Gasteiger partial charge in [0.05, 0.1) is 22.8 Å². The number of fused-ring (bicyclic) bond motifs is 1. The van der Waals surface area contributed by atoms with Crippen LogP contribution in [0.4, 0.5) is 10.1 Å². The van der Waals surface area contributed by atoms with Gasteiger partial charge in [0, 0.05) is 20.1 Å². The molecule has 7 heteroatoms. The molecule has 0 spiro atoms. The van der Waals surface area contributed by atoms with E-state index < -0.39 is 5.97 Å². The molecular formula is C25H27FN2O3S. The maximum Gasteiger partial charge on any atom is 0.338 e. The number of aliphatic carboxylic acids is 1. The SMILES string of the molecule is CN1CCOc2ccc(CN3CC=CC(C(=O)O)=C3SCCCc3ccc(F)cc3)cc21. The van der Waals surface area contributed by atoms with Crippen LogP contribution in [0, 0.1) is 5.82 Å². The first kappa shape index (κ1) is 22.3. The van der Waals surface area contributed by atoms with Crippen LogP contribution in [0.15, 0.2) is 65.2 Å². The third kappa shape index (κ3) is 5.27. The Bertz CT molecular complexity index is 1040. The first-order valence-electron chi connectivity index (χ1n) is 10.7. The zero-order chi connectivity index (χ0) is 22.5. The highest BCUT2D eigenvalue weighted by molar-refractivity contribution is 8.03. The molecule has 2 aliphatic heterocycles. The van der Waals surface area contributed by atoms with Crippen molar-refractivity contribution in [3.63, 3.8) is 0 Å². The lowest BCUT2D eigenvalue weighted by molar-refractivity contribution is -0.132. The summed E-state index contributed by atoms with van der Waals surface area (Å²) in [5, 5.41) is 10.5. The van der Waals surface area contributed by atoms with Crippen LogP contribution in [-0.2, 0) is 17.8 Å². The fourth-order valence-electron chi connectivity index (χ4n) is 3.90. The minimum Gasteiger partial charge on any atom is -0.490 e. The van der Waals surface area contributed by atoms with Gasteiger partial charge in [0.2, 0.25) is 0 Å². The van der Waals surface area contributed by atoms with Crippen molar-refractivity contribution in [2.45, 2.75) is 19.4 Å². The van der Waals surface area contributed by atoms with E-state index in [1.54, 1.807) is 30.0 Å². The highest BCUT2D eigenvalue weighted by atomic mass is 32.2. The smallest absolute Gasteiger partial charge is 0.338 e. The Labute approximate surface area is 192 Å². The van der Waals surface area contributed by atoms with Gasteiger partial charge in [-0.1, -0.05) is 24.3 Å². The number of hydrogen-bond acceptors (Lipinski definition) is 5. The number of rotatable bonds is 8. The van der Waals surface area contributed by atoms with E-state index in [2.05, 4.69) is 22.9 Å². The zero-order valence-corrected chi connectivity index (χ0v) is 18.9. The lowest BCUT2D eigenvalue weighted by Gasteiger charge is -2.31. The summed E-state index contributed by atoms with van der Waals surface area (Å²) in [5.41, 5.74) is 3.60. The molecule has 0 unspecified atom stereocenters. The van der Waals surface area contributed by atoms with Gasteiger partial charge < -0.3 is 19.6 Å². The Morgan fingerprint density at radius 1 is 1.19 bits per heavy atom. The number of benzene rings is 2. The number of likely N-dealkylation sites (N-methyl/N-ethyl adjacent to an activating group) is 1. The van der Waals surface area contributed by atoms with Crippen molar-refractivity contribution >= 4 is 23.4 Å². The molecule has 2 aromatic rings. The van der Waals surface area contributed by atoms with Crippen LogP contribution in [0.3, 0.4) is 0 Å². The number of halogens is 1. The van der Waals surface area contributed by atoms with Gasteiger partial charge in [-0.15, -0.1) is 11.8 Å². The molecule has 0 saturated carbocycles. The highest BCUT2D eigenvalue weighted by Gasteiger charge is 2.23. The Morgan fingerprint density at radius 2 is 1.97 bits per heavy atom. The van der Waals surface area contributed by atoms with E-state index in [1.807, 2.05) is 18.2 Å². The quantitative estimate of drug-likeness (QED) is 0.584. The molecule has 5 nitrogen and oxygen atoms in total. The molecule has 0 fully saturated rings. The number of aryl methyl sites for hydroxylation is 1. The van der Waals surface area contributed by atoms with Crippen molar-refractivity contribution in [3.05, 3.63) is 82.2 Å². The van der Waals surface area contributed by atoms with Crippen LogP contribution < -0.4 is 9.64 Å². The van der Waals surface area contributed by atoms with Crippen molar-refractivity contribution < 1.29 is 19.0 Å². The molecule has 0 saturated heterocycles. The molecule has 168 valence electrons. The van der Waals surface area contributed by atoms with Crippen molar-refractivity contribution in [2.24, 2.45) is 0 Å². The zero-order valence-electron chi connectivity index (χ0n) is 18.1. The molecule has 0 radical (unpaired) electrons. The minimum absolute atomic E-state index is 0.232. The predicted octanol–water partition coefficient (Wildman–Crippen LogP) is 4.69. The molecule has 0 bridgehead atoms. The second kappa shape index (κ2) is 10.1. The standard InChI is InChI=1S/C25H27FN2O3S/c1-27-13-14-31-23-11-8-19(16-22(23)27)17-28-12-2-5-21(25(29)30)24(28)32-15-3-4-18-6-9-20(26)10-7-18/h2,5-11,16H,3-4,12-15,17H2,1H3,(H,29,30). The summed E-state index contributed by atoms with van der Waals surface area (Å²) in [4.78, 5) is 16.2. The van der Waals surface area contributed by atoms with Gasteiger partial charge in [-0.05, 0) is 60.1 Å². The lowest BCUT2D eigenvalue weighted by atomic mass is 10.1. The van der Waals surface area contributed by atoms with Gasteiger partial charge in [0.1, 0.15) is 18.2 Å². The van der Waals surface area contributed by atoms with E-state index in [-0.39, 0.29) is 5.82 Å². The van der Waals surface area contributed by atoms with Crippen molar-refractivity contribution in [1.82, 2.24) is 4.90 Å². The highest BCUT2D eigenvalue weighted by Crippen LogP contribution is 2.34. The average molecular weight is 455 g/mol. The largest absolute Gasteiger partial charge is 0.490 e. The van der Waals surface area contributed by atoms with Gasteiger partial charge in [-0.25, -0.2) is 9.18 Å². The summed E-state index contributed by atoms with van der Waals surface area (Å²) in [6.45, 7) is 2.83. The van der Waals surface area contributed by atoms with Gasteiger partial charge in [0.15, 0.2) is 0 Å². The van der Waals surface area contributed by atoms with E-state index in [0.29, 0.717) is 25.3 Å². The summed E-state index contributed by atoms with van der Waals surface area (Å²) < 4.78 is 18.8. The predicted molar refractivity (Wildman–Crippen MR) is 127 cm³/mol. The number of thioether (sulfide) groups is 1. The molecule has 2 heterocycles. The topological polar surface area (TPSA) is 53.0 Å². The summed E-state index contributed by atoms with van der Waals surface area (Å²) in [6.07, 6.45) is 5.32. The second-order valence-electron chi connectivity index (χ2n) is 7.96. The molecule has 0 amide bonds. The number of carboxylic acids is 1. The van der Waals surface area contributed by atoms with Gasteiger partial charge >= 0.3 is 5.97 Å². The van der Waals surface area contributed by atoms with Gasteiger partial charge in [-0.2, -0.15) is 0 Å². The molecule has 4 rings (SSSR count). The number of carboxylic acid groups (broad SMARTS) is 1. The molecule has 32 heavy (non-hydrogen) atoms. The molecule has 0 atom stereocenters. The van der Waals surface area contributed by atoms with Crippen LogP contribution >= 0.6 is 11.8 Å².